The lowest BCUT2D eigenvalue weighted by molar-refractivity contribution is 0.187. The highest BCUT2D eigenvalue weighted by Crippen LogP contribution is 2.27. The standard InChI is InChI=1S/C7H8Br2O2/c1-4(10)2-5-3-6(8)7(9)11-5/h3-4,10H,2H2,1H3/t4-/m1/s1. The SMILES string of the molecule is C[C@@H](O)Cc1cc(Br)c(Br)o1. The lowest BCUT2D eigenvalue weighted by atomic mass is 10.2. The normalized spacial score (nSPS) is 13.5. The van der Waals surface area contributed by atoms with Crippen LogP contribution in [0.4, 0.5) is 0 Å². The minimum absolute atomic E-state index is 0.361. The van der Waals surface area contributed by atoms with Crippen molar-refractivity contribution in [2.24, 2.45) is 0 Å². The smallest absolute Gasteiger partial charge is 0.183 e. The summed E-state index contributed by atoms with van der Waals surface area (Å²) in [6.07, 6.45) is 0.185. The third-order valence-electron chi connectivity index (χ3n) is 1.19. The van der Waals surface area contributed by atoms with Gasteiger partial charge in [0.05, 0.1) is 10.6 Å². The number of hydrogen-bond donors (Lipinski definition) is 1. The molecule has 0 aliphatic carbocycles. The van der Waals surface area contributed by atoms with E-state index in [1.54, 1.807) is 6.92 Å². The van der Waals surface area contributed by atoms with E-state index in [4.69, 9.17) is 9.52 Å². The molecule has 0 unspecified atom stereocenters. The summed E-state index contributed by atoms with van der Waals surface area (Å²) in [5, 5.41) is 9.02. The minimum Gasteiger partial charge on any atom is -0.453 e. The van der Waals surface area contributed by atoms with Gasteiger partial charge in [-0.25, -0.2) is 0 Å². The van der Waals surface area contributed by atoms with Gasteiger partial charge in [0.25, 0.3) is 0 Å². The van der Waals surface area contributed by atoms with Crippen molar-refractivity contribution < 1.29 is 9.52 Å². The Balaban J connectivity index is 2.73. The Labute approximate surface area is 81.8 Å². The van der Waals surface area contributed by atoms with E-state index in [0.29, 0.717) is 11.1 Å². The first-order chi connectivity index (χ1) is 5.09. The topological polar surface area (TPSA) is 33.4 Å². The zero-order valence-corrected chi connectivity index (χ0v) is 9.15. The van der Waals surface area contributed by atoms with Gasteiger partial charge in [-0.15, -0.1) is 0 Å². The van der Waals surface area contributed by atoms with Gasteiger partial charge < -0.3 is 9.52 Å². The fourth-order valence-corrected chi connectivity index (χ4v) is 1.44. The van der Waals surface area contributed by atoms with Gasteiger partial charge in [0.1, 0.15) is 5.76 Å². The average Bonchev–Trinajstić information content (AvgIpc) is 2.10. The van der Waals surface area contributed by atoms with Crippen LogP contribution in [0.2, 0.25) is 0 Å². The zero-order valence-electron chi connectivity index (χ0n) is 5.97. The quantitative estimate of drug-likeness (QED) is 0.905. The molecule has 0 aliphatic rings. The molecule has 1 N–H and O–H groups in total. The molecule has 11 heavy (non-hydrogen) atoms. The van der Waals surface area contributed by atoms with E-state index in [1.165, 1.54) is 0 Å². The molecule has 0 radical (unpaired) electrons. The largest absolute Gasteiger partial charge is 0.453 e. The molecular weight excluding hydrogens is 276 g/mol. The molecule has 2 nitrogen and oxygen atoms in total. The molecule has 1 heterocycles. The van der Waals surface area contributed by atoms with Crippen molar-refractivity contribution in [3.05, 3.63) is 21.0 Å². The molecule has 1 atom stereocenters. The van der Waals surface area contributed by atoms with Gasteiger partial charge >= 0.3 is 0 Å². The van der Waals surface area contributed by atoms with Crippen molar-refractivity contribution in [1.29, 1.82) is 0 Å². The van der Waals surface area contributed by atoms with Crippen molar-refractivity contribution in [1.82, 2.24) is 0 Å². The second-order valence-corrected chi connectivity index (χ2v) is 3.96. The Morgan fingerprint density at radius 2 is 2.27 bits per heavy atom. The maximum absolute atomic E-state index is 9.02. The van der Waals surface area contributed by atoms with Gasteiger partial charge in [0.2, 0.25) is 0 Å². The van der Waals surface area contributed by atoms with Crippen LogP contribution in [0.3, 0.4) is 0 Å². The molecule has 0 fully saturated rings. The molecule has 1 aromatic heterocycles. The Hall–Kier alpha value is 0.200. The van der Waals surface area contributed by atoms with E-state index >= 15 is 0 Å². The van der Waals surface area contributed by atoms with Crippen molar-refractivity contribution in [3.8, 4) is 0 Å². The first-order valence-corrected chi connectivity index (χ1v) is 4.80. The fourth-order valence-electron chi connectivity index (χ4n) is 0.783. The maximum Gasteiger partial charge on any atom is 0.183 e. The molecule has 0 aromatic carbocycles. The first-order valence-electron chi connectivity index (χ1n) is 3.21. The molecule has 62 valence electrons. The molecule has 1 aromatic rings. The van der Waals surface area contributed by atoms with Gasteiger partial charge in [0, 0.05) is 6.42 Å². The minimum atomic E-state index is -0.361. The van der Waals surface area contributed by atoms with Crippen LogP contribution < -0.4 is 0 Å². The van der Waals surface area contributed by atoms with Crippen molar-refractivity contribution in [2.45, 2.75) is 19.4 Å². The van der Waals surface area contributed by atoms with E-state index in [-0.39, 0.29) is 6.10 Å². The third kappa shape index (κ3) is 2.61. The Bertz CT molecular complexity index is 223. The Morgan fingerprint density at radius 1 is 1.64 bits per heavy atom. The second-order valence-electron chi connectivity index (χ2n) is 2.39. The monoisotopic (exact) mass is 282 g/mol. The summed E-state index contributed by atoms with van der Waals surface area (Å²) in [5.41, 5.74) is 0. The van der Waals surface area contributed by atoms with Crippen LogP contribution in [-0.4, -0.2) is 11.2 Å². The van der Waals surface area contributed by atoms with Crippen LogP contribution in [0.15, 0.2) is 19.6 Å². The third-order valence-corrected chi connectivity index (χ3v) is 2.90. The molecule has 0 spiro atoms. The summed E-state index contributed by atoms with van der Waals surface area (Å²) in [6, 6.07) is 1.84. The highest BCUT2D eigenvalue weighted by Gasteiger charge is 2.07. The Kier molecular flexibility index (Phi) is 3.16. The summed E-state index contributed by atoms with van der Waals surface area (Å²) >= 11 is 6.49. The van der Waals surface area contributed by atoms with E-state index in [2.05, 4.69) is 31.9 Å². The number of aliphatic hydroxyl groups excluding tert-OH is 1. The molecule has 0 saturated carbocycles. The summed E-state index contributed by atoms with van der Waals surface area (Å²) in [4.78, 5) is 0. The maximum atomic E-state index is 9.02. The summed E-state index contributed by atoms with van der Waals surface area (Å²) in [7, 11) is 0. The fraction of sp³-hybridized carbons (Fsp3) is 0.429. The lowest BCUT2D eigenvalue weighted by Gasteiger charge is -1.97. The van der Waals surface area contributed by atoms with E-state index in [1.807, 2.05) is 6.07 Å². The number of furan rings is 1. The molecule has 1 rings (SSSR count). The highest BCUT2D eigenvalue weighted by molar-refractivity contribution is 9.13. The van der Waals surface area contributed by atoms with Gasteiger partial charge in [-0.1, -0.05) is 0 Å². The van der Waals surface area contributed by atoms with E-state index in [0.717, 1.165) is 10.2 Å². The Morgan fingerprint density at radius 3 is 2.64 bits per heavy atom. The van der Waals surface area contributed by atoms with E-state index in [9.17, 15) is 0 Å². The number of hydrogen-bond acceptors (Lipinski definition) is 2. The summed E-state index contributed by atoms with van der Waals surface area (Å²) < 4.78 is 6.79. The predicted octanol–water partition coefficient (Wildman–Crippen LogP) is 2.73. The summed E-state index contributed by atoms with van der Waals surface area (Å²) in [6.45, 7) is 1.73. The molecular formula is C7H8Br2O2. The lowest BCUT2D eigenvalue weighted by Crippen LogP contribution is -2.02. The van der Waals surface area contributed by atoms with Crippen LogP contribution in [-0.2, 0) is 6.42 Å². The summed E-state index contributed by atoms with van der Waals surface area (Å²) in [5.74, 6) is 0.777. The van der Waals surface area contributed by atoms with Gasteiger partial charge in [0.15, 0.2) is 4.67 Å². The molecule has 0 amide bonds. The van der Waals surface area contributed by atoms with Crippen LogP contribution in [0.25, 0.3) is 0 Å². The van der Waals surface area contributed by atoms with Crippen LogP contribution in [0.1, 0.15) is 12.7 Å². The van der Waals surface area contributed by atoms with E-state index < -0.39 is 0 Å². The van der Waals surface area contributed by atoms with Crippen molar-refractivity contribution in [2.75, 3.05) is 0 Å². The first kappa shape index (κ1) is 9.29. The van der Waals surface area contributed by atoms with Crippen LogP contribution in [0.5, 0.6) is 0 Å². The van der Waals surface area contributed by atoms with Crippen molar-refractivity contribution in [3.63, 3.8) is 0 Å². The predicted molar refractivity (Wildman–Crippen MR) is 49.5 cm³/mol. The van der Waals surface area contributed by atoms with Gasteiger partial charge in [-0.05, 0) is 44.8 Å². The average molecular weight is 284 g/mol. The van der Waals surface area contributed by atoms with Gasteiger partial charge in [-0.2, -0.15) is 0 Å². The molecule has 0 aliphatic heterocycles. The highest BCUT2D eigenvalue weighted by atomic mass is 79.9. The molecule has 0 saturated heterocycles. The van der Waals surface area contributed by atoms with Crippen molar-refractivity contribution >= 4 is 31.9 Å². The van der Waals surface area contributed by atoms with Crippen LogP contribution in [0, 0.1) is 0 Å². The number of halogens is 2. The number of rotatable bonds is 2. The second kappa shape index (κ2) is 3.74. The molecule has 0 bridgehead atoms. The number of aliphatic hydroxyl groups is 1. The van der Waals surface area contributed by atoms with Crippen LogP contribution >= 0.6 is 31.9 Å². The van der Waals surface area contributed by atoms with Gasteiger partial charge in [-0.3, -0.25) is 0 Å². The zero-order chi connectivity index (χ0) is 8.43. The molecule has 4 heteroatoms.